The third-order valence-corrected chi connectivity index (χ3v) is 2.89. The molecule has 20 heavy (non-hydrogen) atoms. The van der Waals surface area contributed by atoms with Gasteiger partial charge in [-0.05, 0) is 24.6 Å². The number of hydrazine groups is 1. The molecule has 0 amide bonds. The number of aromatic nitrogens is 2. The highest BCUT2D eigenvalue weighted by molar-refractivity contribution is 6.30. The lowest BCUT2D eigenvalue weighted by atomic mass is 10.2. The summed E-state index contributed by atoms with van der Waals surface area (Å²) < 4.78 is 5.03. The maximum absolute atomic E-state index is 6.00. The quantitative estimate of drug-likeness (QED) is 0.580. The van der Waals surface area contributed by atoms with Crippen LogP contribution in [0.2, 0.25) is 5.02 Å². The maximum atomic E-state index is 6.00. The van der Waals surface area contributed by atoms with Crippen molar-refractivity contribution in [3.05, 3.63) is 40.7 Å². The summed E-state index contributed by atoms with van der Waals surface area (Å²) >= 11 is 6.00. The first-order valence-electron chi connectivity index (χ1n) is 5.99. The van der Waals surface area contributed by atoms with Crippen LogP contribution in [0, 0.1) is 6.92 Å². The number of nitrogens with zero attached hydrogens (tertiary/aromatic N) is 2. The van der Waals surface area contributed by atoms with Gasteiger partial charge in [0.15, 0.2) is 5.82 Å². The molecule has 1 aromatic carbocycles. The number of nitrogens with one attached hydrogen (secondary N) is 2. The highest BCUT2D eigenvalue weighted by Gasteiger charge is 2.06. The van der Waals surface area contributed by atoms with Crippen LogP contribution in [0.4, 0.5) is 17.3 Å². The van der Waals surface area contributed by atoms with Crippen LogP contribution in [0.25, 0.3) is 0 Å². The Morgan fingerprint density at radius 1 is 1.25 bits per heavy atom. The molecular formula is C13H16ClN5O. The standard InChI is InChI=1S/C13H16ClN5O/c1-8-3-4-9(14)5-10(8)16-11-6-12(19-15)18-13(17-11)7-20-2/h3-6H,7,15H2,1-2H3,(H2,16,17,18,19). The van der Waals surface area contributed by atoms with Gasteiger partial charge < -0.3 is 15.5 Å². The Bertz CT molecular complexity index is 605. The average Bonchev–Trinajstić information content (AvgIpc) is 2.43. The molecule has 4 N–H and O–H groups in total. The largest absolute Gasteiger partial charge is 0.377 e. The zero-order chi connectivity index (χ0) is 14.5. The average molecular weight is 294 g/mol. The number of nitrogens with two attached hydrogens (primary N) is 1. The van der Waals surface area contributed by atoms with Crippen molar-refractivity contribution < 1.29 is 4.74 Å². The molecule has 0 aliphatic heterocycles. The first-order valence-corrected chi connectivity index (χ1v) is 6.37. The van der Waals surface area contributed by atoms with Gasteiger partial charge in [-0.3, -0.25) is 0 Å². The topological polar surface area (TPSA) is 85.1 Å². The summed E-state index contributed by atoms with van der Waals surface area (Å²) in [4.78, 5) is 8.54. The van der Waals surface area contributed by atoms with Gasteiger partial charge in [-0.15, -0.1) is 0 Å². The Labute approximate surface area is 122 Å². The molecule has 0 spiro atoms. The minimum atomic E-state index is 0.304. The van der Waals surface area contributed by atoms with Crippen LogP contribution in [0.1, 0.15) is 11.4 Å². The van der Waals surface area contributed by atoms with Crippen molar-refractivity contribution in [2.24, 2.45) is 5.84 Å². The minimum absolute atomic E-state index is 0.304. The van der Waals surface area contributed by atoms with Crippen molar-refractivity contribution in [1.82, 2.24) is 9.97 Å². The van der Waals surface area contributed by atoms with E-state index >= 15 is 0 Å². The van der Waals surface area contributed by atoms with Gasteiger partial charge in [-0.25, -0.2) is 15.8 Å². The summed E-state index contributed by atoms with van der Waals surface area (Å²) in [5.41, 5.74) is 4.44. The van der Waals surface area contributed by atoms with Crippen molar-refractivity contribution in [3.8, 4) is 0 Å². The van der Waals surface area contributed by atoms with Crippen molar-refractivity contribution in [2.45, 2.75) is 13.5 Å². The van der Waals surface area contributed by atoms with Crippen molar-refractivity contribution in [1.29, 1.82) is 0 Å². The summed E-state index contributed by atoms with van der Waals surface area (Å²) in [5, 5.41) is 3.85. The Kier molecular flexibility index (Phi) is 4.73. The van der Waals surface area contributed by atoms with Gasteiger partial charge in [0.05, 0.1) is 0 Å². The number of halogens is 1. The predicted octanol–water partition coefficient (Wildman–Crippen LogP) is 2.61. The number of methoxy groups -OCH3 is 1. The van der Waals surface area contributed by atoms with Crippen LogP contribution in [-0.2, 0) is 11.3 Å². The molecule has 0 aliphatic rings. The molecule has 106 valence electrons. The van der Waals surface area contributed by atoms with E-state index in [0.717, 1.165) is 11.3 Å². The monoisotopic (exact) mass is 293 g/mol. The number of nitrogen functional groups attached to an aromatic ring is 1. The van der Waals surface area contributed by atoms with Gasteiger partial charge >= 0.3 is 0 Å². The molecule has 7 heteroatoms. The van der Waals surface area contributed by atoms with Crippen LogP contribution in [0.5, 0.6) is 0 Å². The highest BCUT2D eigenvalue weighted by atomic mass is 35.5. The molecule has 2 aromatic rings. The van der Waals surface area contributed by atoms with E-state index in [9.17, 15) is 0 Å². The van der Waals surface area contributed by atoms with E-state index in [-0.39, 0.29) is 0 Å². The highest BCUT2D eigenvalue weighted by Crippen LogP contribution is 2.24. The second-order valence-corrected chi connectivity index (χ2v) is 4.65. The SMILES string of the molecule is COCc1nc(NN)cc(Nc2cc(Cl)ccc2C)n1. The van der Waals surface area contributed by atoms with Crippen LogP contribution in [-0.4, -0.2) is 17.1 Å². The summed E-state index contributed by atoms with van der Waals surface area (Å²) in [6.07, 6.45) is 0. The van der Waals surface area contributed by atoms with E-state index in [0.29, 0.717) is 29.1 Å². The van der Waals surface area contributed by atoms with Crippen molar-refractivity contribution >= 4 is 28.9 Å². The third-order valence-electron chi connectivity index (χ3n) is 2.66. The summed E-state index contributed by atoms with van der Waals surface area (Å²) in [6, 6.07) is 7.32. The normalized spacial score (nSPS) is 10.4. The lowest BCUT2D eigenvalue weighted by Crippen LogP contribution is -2.12. The fourth-order valence-corrected chi connectivity index (χ4v) is 1.87. The number of aryl methyl sites for hydroxylation is 1. The molecule has 1 heterocycles. The molecule has 6 nitrogen and oxygen atoms in total. The first kappa shape index (κ1) is 14.5. The van der Waals surface area contributed by atoms with Crippen LogP contribution >= 0.6 is 11.6 Å². The first-order chi connectivity index (χ1) is 9.62. The Morgan fingerprint density at radius 3 is 2.70 bits per heavy atom. The Morgan fingerprint density at radius 2 is 2.00 bits per heavy atom. The minimum Gasteiger partial charge on any atom is -0.377 e. The van der Waals surface area contributed by atoms with Gasteiger partial charge in [0, 0.05) is 23.9 Å². The second-order valence-electron chi connectivity index (χ2n) is 4.22. The third kappa shape index (κ3) is 3.57. The molecule has 2 rings (SSSR count). The number of hydrogen-bond donors (Lipinski definition) is 3. The molecule has 0 saturated heterocycles. The fourth-order valence-electron chi connectivity index (χ4n) is 1.70. The summed E-state index contributed by atoms with van der Waals surface area (Å²) in [6.45, 7) is 2.29. The number of hydrogen-bond acceptors (Lipinski definition) is 6. The molecule has 0 fully saturated rings. The molecule has 0 radical (unpaired) electrons. The van der Waals surface area contributed by atoms with Gasteiger partial charge in [-0.2, -0.15) is 0 Å². The maximum Gasteiger partial charge on any atom is 0.158 e. The number of rotatable bonds is 5. The molecule has 0 atom stereocenters. The molecule has 1 aromatic heterocycles. The van der Waals surface area contributed by atoms with E-state index < -0.39 is 0 Å². The Balaban J connectivity index is 2.32. The lowest BCUT2D eigenvalue weighted by molar-refractivity contribution is 0.178. The van der Waals surface area contributed by atoms with E-state index in [2.05, 4.69) is 20.7 Å². The zero-order valence-electron chi connectivity index (χ0n) is 11.3. The second kappa shape index (κ2) is 6.51. The number of benzene rings is 1. The van der Waals surface area contributed by atoms with Gasteiger partial charge in [0.1, 0.15) is 18.2 Å². The fraction of sp³-hybridized carbons (Fsp3) is 0.231. The van der Waals surface area contributed by atoms with Crippen LogP contribution < -0.4 is 16.6 Å². The zero-order valence-corrected chi connectivity index (χ0v) is 12.0. The number of anilines is 3. The van der Waals surface area contributed by atoms with Crippen molar-refractivity contribution in [3.63, 3.8) is 0 Å². The van der Waals surface area contributed by atoms with E-state index in [4.69, 9.17) is 22.2 Å². The van der Waals surface area contributed by atoms with Gasteiger partial charge in [0.2, 0.25) is 0 Å². The predicted molar refractivity (Wildman–Crippen MR) is 80.0 cm³/mol. The van der Waals surface area contributed by atoms with E-state index in [1.54, 1.807) is 13.2 Å². The van der Waals surface area contributed by atoms with Crippen LogP contribution in [0.15, 0.2) is 24.3 Å². The summed E-state index contributed by atoms with van der Waals surface area (Å²) in [7, 11) is 1.58. The van der Waals surface area contributed by atoms with Gasteiger partial charge in [-0.1, -0.05) is 17.7 Å². The van der Waals surface area contributed by atoms with Crippen LogP contribution in [0.3, 0.4) is 0 Å². The molecular weight excluding hydrogens is 278 g/mol. The molecule has 0 unspecified atom stereocenters. The smallest absolute Gasteiger partial charge is 0.158 e. The Hall–Kier alpha value is -1.89. The van der Waals surface area contributed by atoms with Crippen molar-refractivity contribution in [2.75, 3.05) is 17.9 Å². The molecule has 0 bridgehead atoms. The van der Waals surface area contributed by atoms with Gasteiger partial charge in [0.25, 0.3) is 0 Å². The lowest BCUT2D eigenvalue weighted by Gasteiger charge is -2.11. The van der Waals surface area contributed by atoms with E-state index in [1.807, 2.05) is 25.1 Å². The summed E-state index contributed by atoms with van der Waals surface area (Å²) in [5.74, 6) is 7.06. The molecule has 0 aliphatic carbocycles. The molecule has 0 saturated carbocycles. The van der Waals surface area contributed by atoms with E-state index in [1.165, 1.54) is 0 Å². The number of ether oxygens (including phenoxy) is 1.